The van der Waals surface area contributed by atoms with Crippen molar-refractivity contribution < 1.29 is 9.13 Å². The molecule has 0 bridgehead atoms. The van der Waals surface area contributed by atoms with Crippen molar-refractivity contribution in [3.63, 3.8) is 0 Å². The van der Waals surface area contributed by atoms with Crippen LogP contribution in [0.1, 0.15) is 18.9 Å². The molecule has 2 aromatic heterocycles. The van der Waals surface area contributed by atoms with Crippen molar-refractivity contribution in [3.8, 4) is 11.6 Å². The normalized spacial score (nSPS) is 13.4. The van der Waals surface area contributed by atoms with Gasteiger partial charge in [-0.05, 0) is 51.2 Å². The maximum absolute atomic E-state index is 14.0. The van der Waals surface area contributed by atoms with E-state index < -0.39 is 0 Å². The van der Waals surface area contributed by atoms with Crippen LogP contribution in [-0.2, 0) is 0 Å². The second-order valence-electron chi connectivity index (χ2n) is 9.55. The van der Waals surface area contributed by atoms with Crippen LogP contribution in [-0.4, -0.2) is 65.3 Å². The summed E-state index contributed by atoms with van der Waals surface area (Å²) in [4.78, 5) is 26.5. The van der Waals surface area contributed by atoms with Crippen molar-refractivity contribution in [1.29, 1.82) is 0 Å². The number of nitrogens with two attached hydrogens (primary N) is 1. The number of methoxy groups -OCH3 is 1. The lowest BCUT2D eigenvalue weighted by atomic mass is 10.2. The van der Waals surface area contributed by atoms with Gasteiger partial charge in [-0.15, -0.1) is 0 Å². The maximum Gasteiger partial charge on any atom is 0.335 e. The Bertz CT molecular complexity index is 1510. The number of ether oxygens (including phenoxy) is 1. The van der Waals surface area contributed by atoms with Gasteiger partial charge in [0.15, 0.2) is 0 Å². The summed E-state index contributed by atoms with van der Waals surface area (Å²) in [5.74, 6) is 0.841. The number of aromatic nitrogens is 4. The van der Waals surface area contributed by atoms with Crippen LogP contribution in [0, 0.1) is 5.82 Å². The Balaban J connectivity index is 1.49. The number of nitrogen functional groups attached to an aromatic ring is 1. The van der Waals surface area contributed by atoms with Crippen LogP contribution in [0.3, 0.4) is 0 Å². The molecule has 2 aromatic carbocycles. The first-order valence-corrected chi connectivity index (χ1v) is 12.1. The third kappa shape index (κ3) is 4.82. The summed E-state index contributed by atoms with van der Waals surface area (Å²) in [5, 5.41) is 3.17. The maximum atomic E-state index is 14.0. The lowest BCUT2D eigenvalue weighted by Gasteiger charge is -2.24. The number of benzene rings is 2. The fourth-order valence-corrected chi connectivity index (χ4v) is 4.41. The second-order valence-corrected chi connectivity index (χ2v) is 9.55. The van der Waals surface area contributed by atoms with Crippen molar-refractivity contribution in [2.24, 2.45) is 0 Å². The van der Waals surface area contributed by atoms with Crippen LogP contribution in [0.5, 0.6) is 5.75 Å². The van der Waals surface area contributed by atoms with Crippen LogP contribution in [0.15, 0.2) is 47.4 Å². The zero-order valence-electron chi connectivity index (χ0n) is 21.4. The van der Waals surface area contributed by atoms with E-state index in [1.807, 2.05) is 27.2 Å². The van der Waals surface area contributed by atoms with Gasteiger partial charge in [-0.1, -0.05) is 0 Å². The largest absolute Gasteiger partial charge is 0.494 e. The zero-order chi connectivity index (χ0) is 26.3. The Morgan fingerprint density at radius 3 is 2.62 bits per heavy atom. The number of halogens is 1. The third-order valence-electron chi connectivity index (χ3n) is 6.51. The Labute approximate surface area is 214 Å². The number of hydrogen-bond acceptors (Lipinski definition) is 8. The molecule has 4 aromatic rings. The molecule has 0 atom stereocenters. The number of nitrogens with zero attached hydrogens (tertiary/aromatic N) is 6. The van der Waals surface area contributed by atoms with E-state index in [-0.39, 0.29) is 23.5 Å². The standard InChI is InChI=1S/C26H31FN8O2/c1-32(2)11-12-33(3)21-15-23(37-4)19(14-18(21)28)30-25-29-10-9-24(31-25)35-20-8-5-16(27)13-22(20)34(26(35)36)17-6-7-17/h5,8-10,13-15,17H,6-7,11-12,28H2,1-4H3,(H,29,30,31). The lowest BCUT2D eigenvalue weighted by molar-refractivity contribution is 0.413. The molecule has 0 amide bonds. The van der Waals surface area contributed by atoms with Gasteiger partial charge in [-0.25, -0.2) is 18.7 Å². The number of likely N-dealkylation sites (N-methyl/N-ethyl adjacent to an activating group) is 2. The number of hydrogen-bond donors (Lipinski definition) is 2. The Morgan fingerprint density at radius 2 is 1.92 bits per heavy atom. The van der Waals surface area contributed by atoms with E-state index in [2.05, 4.69) is 25.1 Å². The average Bonchev–Trinajstić information content (AvgIpc) is 3.65. The molecule has 1 saturated carbocycles. The van der Waals surface area contributed by atoms with E-state index in [1.54, 1.807) is 36.1 Å². The predicted molar refractivity (Wildman–Crippen MR) is 144 cm³/mol. The van der Waals surface area contributed by atoms with E-state index in [9.17, 15) is 9.18 Å². The summed E-state index contributed by atoms with van der Waals surface area (Å²) in [6.07, 6.45) is 3.36. The molecule has 0 spiro atoms. The first kappa shape index (κ1) is 24.6. The molecule has 0 saturated heterocycles. The highest BCUT2D eigenvalue weighted by atomic mass is 19.1. The Morgan fingerprint density at radius 1 is 1.14 bits per heavy atom. The monoisotopic (exact) mass is 506 g/mol. The summed E-state index contributed by atoms with van der Waals surface area (Å²) in [6.45, 7) is 1.67. The second kappa shape index (κ2) is 9.74. The fourth-order valence-electron chi connectivity index (χ4n) is 4.41. The number of anilines is 4. The summed E-state index contributed by atoms with van der Waals surface area (Å²) < 4.78 is 22.8. The molecule has 1 aliphatic carbocycles. The van der Waals surface area contributed by atoms with Crippen molar-refractivity contribution >= 4 is 34.0 Å². The molecular formula is C26H31FN8O2. The molecule has 10 nitrogen and oxygen atoms in total. The van der Waals surface area contributed by atoms with E-state index >= 15 is 0 Å². The van der Waals surface area contributed by atoms with E-state index in [0.29, 0.717) is 34.0 Å². The minimum Gasteiger partial charge on any atom is -0.494 e. The molecule has 37 heavy (non-hydrogen) atoms. The SMILES string of the molecule is COc1cc(N(C)CCN(C)C)c(N)cc1Nc1nccc(-n2c(=O)n(C3CC3)c3cc(F)ccc32)n1. The minimum atomic E-state index is -0.385. The summed E-state index contributed by atoms with van der Waals surface area (Å²) in [5.41, 5.74) is 9.31. The van der Waals surface area contributed by atoms with Gasteiger partial charge in [0.05, 0.1) is 35.2 Å². The van der Waals surface area contributed by atoms with Crippen molar-refractivity contribution in [1.82, 2.24) is 24.0 Å². The van der Waals surface area contributed by atoms with Crippen LogP contribution >= 0.6 is 0 Å². The number of rotatable bonds is 9. The minimum absolute atomic E-state index is 0.0825. The third-order valence-corrected chi connectivity index (χ3v) is 6.51. The number of fused-ring (bicyclic) bond motifs is 1. The van der Waals surface area contributed by atoms with E-state index in [4.69, 9.17) is 10.5 Å². The van der Waals surface area contributed by atoms with Gasteiger partial charge in [-0.3, -0.25) is 4.57 Å². The quantitative estimate of drug-likeness (QED) is 0.333. The highest BCUT2D eigenvalue weighted by Crippen LogP contribution is 2.37. The zero-order valence-corrected chi connectivity index (χ0v) is 21.4. The molecule has 0 aliphatic heterocycles. The van der Waals surface area contributed by atoms with Crippen LogP contribution < -0.4 is 26.4 Å². The van der Waals surface area contributed by atoms with E-state index in [1.165, 1.54) is 16.7 Å². The summed E-state index contributed by atoms with van der Waals surface area (Å²) in [6, 6.07) is 9.75. The smallest absolute Gasteiger partial charge is 0.335 e. The molecule has 194 valence electrons. The number of imidazole rings is 1. The molecule has 3 N–H and O–H groups in total. The molecular weight excluding hydrogens is 475 g/mol. The van der Waals surface area contributed by atoms with Gasteiger partial charge in [0.2, 0.25) is 5.95 Å². The Hall–Kier alpha value is -4.12. The first-order chi connectivity index (χ1) is 17.8. The van der Waals surface area contributed by atoms with Crippen molar-refractivity contribution in [2.45, 2.75) is 18.9 Å². The van der Waals surface area contributed by atoms with Gasteiger partial charge in [0.1, 0.15) is 17.4 Å². The topological polar surface area (TPSA) is 106 Å². The van der Waals surface area contributed by atoms with Gasteiger partial charge in [0.25, 0.3) is 0 Å². The van der Waals surface area contributed by atoms with Crippen LogP contribution in [0.25, 0.3) is 16.9 Å². The van der Waals surface area contributed by atoms with Gasteiger partial charge in [0, 0.05) is 44.5 Å². The highest BCUT2D eigenvalue weighted by Gasteiger charge is 2.29. The summed E-state index contributed by atoms with van der Waals surface area (Å²) in [7, 11) is 7.61. The predicted octanol–water partition coefficient (Wildman–Crippen LogP) is 3.39. The molecule has 0 radical (unpaired) electrons. The molecule has 0 unspecified atom stereocenters. The molecule has 11 heteroatoms. The van der Waals surface area contributed by atoms with Crippen LogP contribution in [0.2, 0.25) is 0 Å². The van der Waals surface area contributed by atoms with Gasteiger partial charge in [-0.2, -0.15) is 4.98 Å². The average molecular weight is 507 g/mol. The lowest BCUT2D eigenvalue weighted by Crippen LogP contribution is -2.29. The van der Waals surface area contributed by atoms with E-state index in [0.717, 1.165) is 31.6 Å². The van der Waals surface area contributed by atoms with Crippen molar-refractivity contribution in [2.75, 3.05) is 57.3 Å². The Kier molecular flexibility index (Phi) is 6.46. The fraction of sp³-hybridized carbons (Fsp3) is 0.346. The van der Waals surface area contributed by atoms with Gasteiger partial charge < -0.3 is 25.6 Å². The first-order valence-electron chi connectivity index (χ1n) is 12.1. The molecule has 5 rings (SSSR count). The highest BCUT2D eigenvalue weighted by molar-refractivity contribution is 5.80. The van der Waals surface area contributed by atoms with Crippen LogP contribution in [0.4, 0.5) is 27.4 Å². The van der Waals surface area contributed by atoms with Crippen molar-refractivity contribution in [3.05, 3.63) is 58.9 Å². The molecule has 1 aliphatic rings. The number of nitrogens with one attached hydrogen (secondary N) is 1. The van der Waals surface area contributed by atoms with Gasteiger partial charge >= 0.3 is 5.69 Å². The molecule has 2 heterocycles. The molecule has 1 fully saturated rings. The summed E-state index contributed by atoms with van der Waals surface area (Å²) >= 11 is 0.